The number of hydrogen-bond donors (Lipinski definition) is 1. The van der Waals surface area contributed by atoms with Gasteiger partial charge in [-0.3, -0.25) is 0 Å². The molecule has 0 aliphatic carbocycles. The predicted molar refractivity (Wildman–Crippen MR) is 84.9 cm³/mol. The van der Waals surface area contributed by atoms with E-state index in [4.69, 9.17) is 9.47 Å². The largest absolute Gasteiger partial charge is 1.00 e. The number of rotatable bonds is 7. The maximum Gasteiger partial charge on any atom is 0.118 e. The van der Waals surface area contributed by atoms with Crippen LogP contribution in [0.5, 0.6) is 11.5 Å². The number of methoxy groups -OCH3 is 2. The molecule has 4 heteroatoms. The highest BCUT2D eigenvalue weighted by atomic mass is 35.5. The van der Waals surface area contributed by atoms with Gasteiger partial charge in [-0.1, -0.05) is 12.1 Å². The van der Waals surface area contributed by atoms with Crippen molar-refractivity contribution >= 4 is 0 Å². The zero-order valence-electron chi connectivity index (χ0n) is 13.4. The van der Waals surface area contributed by atoms with Crippen LogP contribution in [0.15, 0.2) is 48.5 Å². The molecule has 0 bridgehead atoms. The number of nitrogens with two attached hydrogens (primary N) is 1. The molecule has 120 valence electrons. The van der Waals surface area contributed by atoms with Crippen molar-refractivity contribution in [2.75, 3.05) is 20.8 Å². The molecule has 0 amide bonds. The van der Waals surface area contributed by atoms with E-state index in [0.717, 1.165) is 24.5 Å². The first-order valence-electron chi connectivity index (χ1n) is 7.37. The van der Waals surface area contributed by atoms with Crippen molar-refractivity contribution in [2.45, 2.75) is 19.4 Å². The Morgan fingerprint density at radius 3 is 1.82 bits per heavy atom. The van der Waals surface area contributed by atoms with E-state index >= 15 is 0 Å². The van der Waals surface area contributed by atoms with Gasteiger partial charge in [-0.2, -0.15) is 0 Å². The van der Waals surface area contributed by atoms with E-state index in [1.165, 1.54) is 11.1 Å². The molecule has 2 N–H and O–H groups in total. The van der Waals surface area contributed by atoms with Crippen molar-refractivity contribution in [3.05, 3.63) is 59.7 Å². The van der Waals surface area contributed by atoms with Crippen LogP contribution in [-0.2, 0) is 6.42 Å². The van der Waals surface area contributed by atoms with E-state index in [-0.39, 0.29) is 12.4 Å². The molecule has 0 aromatic heterocycles. The van der Waals surface area contributed by atoms with E-state index in [0.29, 0.717) is 6.04 Å². The van der Waals surface area contributed by atoms with Crippen LogP contribution in [0, 0.1) is 0 Å². The van der Waals surface area contributed by atoms with E-state index < -0.39 is 0 Å². The third-order valence-electron chi connectivity index (χ3n) is 3.68. The van der Waals surface area contributed by atoms with Gasteiger partial charge >= 0.3 is 0 Å². The van der Waals surface area contributed by atoms with Crippen LogP contribution >= 0.6 is 0 Å². The van der Waals surface area contributed by atoms with Crippen LogP contribution in [0.4, 0.5) is 0 Å². The second-order valence-electron chi connectivity index (χ2n) is 5.08. The lowest BCUT2D eigenvalue weighted by Gasteiger charge is -2.16. The van der Waals surface area contributed by atoms with Crippen molar-refractivity contribution in [1.82, 2.24) is 0 Å². The Labute approximate surface area is 139 Å². The molecule has 0 aliphatic rings. The molecule has 2 aromatic carbocycles. The Morgan fingerprint density at radius 2 is 1.36 bits per heavy atom. The van der Waals surface area contributed by atoms with Crippen molar-refractivity contribution in [2.24, 2.45) is 0 Å². The first-order valence-corrected chi connectivity index (χ1v) is 7.37. The summed E-state index contributed by atoms with van der Waals surface area (Å²) in [5.74, 6) is 1.80. The molecule has 1 atom stereocenters. The highest BCUT2D eigenvalue weighted by molar-refractivity contribution is 5.31. The molecule has 2 aromatic rings. The lowest BCUT2D eigenvalue weighted by atomic mass is 9.98. The summed E-state index contributed by atoms with van der Waals surface area (Å²) < 4.78 is 10.4. The van der Waals surface area contributed by atoms with Crippen molar-refractivity contribution in [3.8, 4) is 11.5 Å². The molecule has 0 saturated carbocycles. The van der Waals surface area contributed by atoms with Gasteiger partial charge in [0.25, 0.3) is 0 Å². The van der Waals surface area contributed by atoms with Gasteiger partial charge in [-0.25, -0.2) is 0 Å². The smallest absolute Gasteiger partial charge is 0.118 e. The minimum atomic E-state index is 0. The fraction of sp³-hybridized carbons (Fsp3) is 0.333. The minimum Gasteiger partial charge on any atom is -1.00 e. The number of halogens is 1. The molecule has 0 aliphatic heterocycles. The van der Waals surface area contributed by atoms with Crippen LogP contribution in [0.2, 0.25) is 0 Å². The van der Waals surface area contributed by atoms with Gasteiger partial charge < -0.3 is 27.2 Å². The molecule has 22 heavy (non-hydrogen) atoms. The predicted octanol–water partition coefficient (Wildman–Crippen LogP) is -0.425. The Hall–Kier alpha value is -1.71. The zero-order valence-corrected chi connectivity index (χ0v) is 14.1. The van der Waals surface area contributed by atoms with Crippen molar-refractivity contribution in [1.29, 1.82) is 0 Å². The van der Waals surface area contributed by atoms with Gasteiger partial charge in [0, 0.05) is 12.0 Å². The second-order valence-corrected chi connectivity index (χ2v) is 5.08. The number of likely N-dealkylation sites (N-methyl/N-ethyl adjacent to an activating group) is 1. The normalized spacial score (nSPS) is 11.4. The summed E-state index contributed by atoms with van der Waals surface area (Å²) in [7, 11) is 3.39. The maximum absolute atomic E-state index is 5.23. The second kappa shape index (κ2) is 9.34. The molecule has 0 saturated heterocycles. The molecule has 0 heterocycles. The molecular weight excluding hydrogens is 298 g/mol. The number of ether oxygens (including phenoxy) is 2. The van der Waals surface area contributed by atoms with Gasteiger partial charge in [0.1, 0.15) is 17.5 Å². The fourth-order valence-electron chi connectivity index (χ4n) is 2.49. The van der Waals surface area contributed by atoms with Crippen LogP contribution in [0.3, 0.4) is 0 Å². The maximum atomic E-state index is 5.23. The highest BCUT2D eigenvalue weighted by Crippen LogP contribution is 2.20. The van der Waals surface area contributed by atoms with E-state index in [1.54, 1.807) is 14.2 Å². The first-order chi connectivity index (χ1) is 10.3. The van der Waals surface area contributed by atoms with E-state index in [2.05, 4.69) is 36.5 Å². The minimum absolute atomic E-state index is 0. The summed E-state index contributed by atoms with van der Waals surface area (Å²) in [4.78, 5) is 0. The average molecular weight is 322 g/mol. The summed E-state index contributed by atoms with van der Waals surface area (Å²) in [5, 5.41) is 2.37. The Kier molecular flexibility index (Phi) is 7.78. The highest BCUT2D eigenvalue weighted by Gasteiger charge is 2.14. The first kappa shape index (κ1) is 18.3. The Balaban J connectivity index is 0.00000242. The van der Waals surface area contributed by atoms with E-state index in [1.807, 2.05) is 24.3 Å². The lowest BCUT2D eigenvalue weighted by molar-refractivity contribution is -0.693. The van der Waals surface area contributed by atoms with Crippen LogP contribution in [0.1, 0.15) is 24.1 Å². The topological polar surface area (TPSA) is 35.1 Å². The number of benzene rings is 2. The van der Waals surface area contributed by atoms with Gasteiger partial charge in [-0.05, 0) is 48.9 Å². The number of hydrogen-bond acceptors (Lipinski definition) is 2. The molecule has 1 unspecified atom stereocenters. The molecule has 2 rings (SSSR count). The fourth-order valence-corrected chi connectivity index (χ4v) is 2.49. The zero-order chi connectivity index (χ0) is 15.1. The van der Waals surface area contributed by atoms with Crippen LogP contribution in [-0.4, -0.2) is 20.8 Å². The summed E-state index contributed by atoms with van der Waals surface area (Å²) in [6, 6.07) is 17.1. The third kappa shape index (κ3) is 4.93. The molecule has 0 radical (unpaired) electrons. The molecule has 0 fully saturated rings. The third-order valence-corrected chi connectivity index (χ3v) is 3.68. The monoisotopic (exact) mass is 321 g/mol. The van der Waals surface area contributed by atoms with Gasteiger partial charge in [0.2, 0.25) is 0 Å². The molecule has 0 spiro atoms. The van der Waals surface area contributed by atoms with Crippen molar-refractivity contribution < 1.29 is 27.2 Å². The van der Waals surface area contributed by atoms with Gasteiger partial charge in [-0.15, -0.1) is 0 Å². The standard InChI is InChI=1S/C18H23NO2.ClH/c1-4-19-18(15-7-11-17(21-3)12-8-15)13-14-5-9-16(20-2)10-6-14;/h5-12,18-19H,4,13H2,1-3H3;1H. The number of quaternary nitrogens is 1. The molecule has 3 nitrogen and oxygen atoms in total. The Bertz CT molecular complexity index is 540. The SMILES string of the molecule is CC[NH2+]C(Cc1ccc(OC)cc1)c1ccc(OC)cc1.[Cl-]. The van der Waals surface area contributed by atoms with E-state index in [9.17, 15) is 0 Å². The molecular formula is C18H24ClNO2. The van der Waals surface area contributed by atoms with Crippen molar-refractivity contribution in [3.63, 3.8) is 0 Å². The summed E-state index contributed by atoms with van der Waals surface area (Å²) in [6.07, 6.45) is 1.00. The Morgan fingerprint density at radius 1 is 0.864 bits per heavy atom. The van der Waals surface area contributed by atoms with Crippen LogP contribution in [0.25, 0.3) is 0 Å². The summed E-state index contributed by atoms with van der Waals surface area (Å²) >= 11 is 0. The quantitative estimate of drug-likeness (QED) is 0.751. The van der Waals surface area contributed by atoms with Crippen LogP contribution < -0.4 is 27.2 Å². The summed E-state index contributed by atoms with van der Waals surface area (Å²) in [6.45, 7) is 3.25. The average Bonchev–Trinajstić information content (AvgIpc) is 2.55. The van der Waals surface area contributed by atoms with Gasteiger partial charge in [0.05, 0.1) is 20.8 Å². The lowest BCUT2D eigenvalue weighted by Crippen LogP contribution is -3.00. The summed E-state index contributed by atoms with van der Waals surface area (Å²) in [5.41, 5.74) is 2.65. The van der Waals surface area contributed by atoms with Gasteiger partial charge in [0.15, 0.2) is 0 Å².